The average molecular weight is 258 g/mol. The first-order chi connectivity index (χ1) is 6.65. The number of rotatable bonds is 3. The predicted octanol–water partition coefficient (Wildman–Crippen LogP) is 1.56. The summed E-state index contributed by atoms with van der Waals surface area (Å²) in [5.41, 5.74) is 0.577. The molecule has 0 aliphatic heterocycles. The van der Waals surface area contributed by atoms with Crippen molar-refractivity contribution in [1.82, 2.24) is 5.32 Å². The van der Waals surface area contributed by atoms with Crippen LogP contribution in [-0.2, 0) is 0 Å². The third kappa shape index (κ3) is 2.82. The van der Waals surface area contributed by atoms with Crippen molar-refractivity contribution in [3.8, 4) is 0 Å². The van der Waals surface area contributed by atoms with Gasteiger partial charge in [-0.2, -0.15) is 0 Å². The summed E-state index contributed by atoms with van der Waals surface area (Å²) in [4.78, 5) is 11.6. The number of aliphatic hydroxyl groups is 1. The van der Waals surface area contributed by atoms with E-state index in [0.29, 0.717) is 5.56 Å². The van der Waals surface area contributed by atoms with Gasteiger partial charge >= 0.3 is 0 Å². The molecule has 2 N–H and O–H groups in total. The van der Waals surface area contributed by atoms with Gasteiger partial charge in [0.2, 0.25) is 0 Å². The Labute approximate surface area is 91.3 Å². The molecule has 0 saturated heterocycles. The number of aliphatic hydroxyl groups excluding tert-OH is 1. The van der Waals surface area contributed by atoms with Crippen LogP contribution in [0.3, 0.4) is 0 Å². The Bertz CT molecular complexity index is 328. The van der Waals surface area contributed by atoms with Gasteiger partial charge in [-0.3, -0.25) is 4.79 Å². The maximum atomic E-state index is 11.6. The molecule has 0 fully saturated rings. The van der Waals surface area contributed by atoms with Crippen LogP contribution in [0.25, 0.3) is 0 Å². The number of carbonyl (C=O) groups excluding carboxylic acids is 1. The van der Waals surface area contributed by atoms with Gasteiger partial charge in [-0.05, 0) is 35.0 Å². The highest BCUT2D eigenvalue weighted by atomic mass is 79.9. The second-order valence-electron chi connectivity index (χ2n) is 3.04. The minimum Gasteiger partial charge on any atom is -0.394 e. The molecular formula is C10H12BrNO2. The van der Waals surface area contributed by atoms with Crippen LogP contribution < -0.4 is 5.32 Å². The van der Waals surface area contributed by atoms with Gasteiger partial charge in [-0.1, -0.05) is 12.1 Å². The van der Waals surface area contributed by atoms with Gasteiger partial charge in [0, 0.05) is 10.5 Å². The molecule has 1 amide bonds. The van der Waals surface area contributed by atoms with Gasteiger partial charge < -0.3 is 10.4 Å². The Morgan fingerprint density at radius 2 is 2.21 bits per heavy atom. The van der Waals surface area contributed by atoms with Gasteiger partial charge in [0.25, 0.3) is 5.91 Å². The van der Waals surface area contributed by atoms with Gasteiger partial charge in [0.15, 0.2) is 0 Å². The first kappa shape index (κ1) is 11.2. The molecular weight excluding hydrogens is 246 g/mol. The van der Waals surface area contributed by atoms with E-state index in [2.05, 4.69) is 21.2 Å². The third-order valence-corrected chi connectivity index (χ3v) is 2.46. The average Bonchev–Trinajstić information content (AvgIpc) is 2.18. The van der Waals surface area contributed by atoms with Crippen LogP contribution in [0.5, 0.6) is 0 Å². The first-order valence-electron chi connectivity index (χ1n) is 4.31. The summed E-state index contributed by atoms with van der Waals surface area (Å²) in [6, 6.07) is 6.94. The van der Waals surface area contributed by atoms with Gasteiger partial charge in [0.05, 0.1) is 12.2 Å². The molecule has 0 aliphatic rings. The lowest BCUT2D eigenvalue weighted by Gasteiger charge is -2.11. The number of halogens is 1. The zero-order valence-corrected chi connectivity index (χ0v) is 9.41. The van der Waals surface area contributed by atoms with E-state index in [1.54, 1.807) is 25.1 Å². The van der Waals surface area contributed by atoms with Crippen LogP contribution in [0.2, 0.25) is 0 Å². The van der Waals surface area contributed by atoms with Crippen LogP contribution in [0, 0.1) is 0 Å². The molecule has 76 valence electrons. The van der Waals surface area contributed by atoms with Crippen molar-refractivity contribution in [2.45, 2.75) is 13.0 Å². The Morgan fingerprint density at radius 3 is 2.79 bits per heavy atom. The van der Waals surface area contributed by atoms with E-state index in [9.17, 15) is 4.79 Å². The molecule has 0 spiro atoms. The third-order valence-electron chi connectivity index (χ3n) is 1.77. The molecule has 0 unspecified atom stereocenters. The van der Waals surface area contributed by atoms with Crippen molar-refractivity contribution in [3.05, 3.63) is 34.3 Å². The number of carbonyl (C=O) groups is 1. The molecule has 0 heterocycles. The second-order valence-corrected chi connectivity index (χ2v) is 3.89. The molecule has 4 heteroatoms. The summed E-state index contributed by atoms with van der Waals surface area (Å²) in [6.07, 6.45) is 0. The number of nitrogens with one attached hydrogen (secondary N) is 1. The van der Waals surface area contributed by atoms with Crippen molar-refractivity contribution in [1.29, 1.82) is 0 Å². The van der Waals surface area contributed by atoms with Crippen LogP contribution >= 0.6 is 15.9 Å². The molecule has 1 atom stereocenters. The molecule has 0 aliphatic carbocycles. The quantitative estimate of drug-likeness (QED) is 0.864. The highest BCUT2D eigenvalue weighted by Gasteiger charge is 2.10. The number of hydrogen-bond donors (Lipinski definition) is 2. The van der Waals surface area contributed by atoms with Gasteiger partial charge in [-0.25, -0.2) is 0 Å². The van der Waals surface area contributed by atoms with Crippen molar-refractivity contribution < 1.29 is 9.90 Å². The fourth-order valence-electron chi connectivity index (χ4n) is 0.993. The van der Waals surface area contributed by atoms with Crippen LogP contribution in [0.15, 0.2) is 28.7 Å². The van der Waals surface area contributed by atoms with Gasteiger partial charge in [-0.15, -0.1) is 0 Å². The monoisotopic (exact) mass is 257 g/mol. The van der Waals surface area contributed by atoms with Crippen LogP contribution in [0.1, 0.15) is 17.3 Å². The molecule has 14 heavy (non-hydrogen) atoms. The minimum absolute atomic E-state index is 0.0593. The molecule has 1 rings (SSSR count). The number of benzene rings is 1. The van der Waals surface area contributed by atoms with E-state index in [4.69, 9.17) is 5.11 Å². The zero-order valence-electron chi connectivity index (χ0n) is 7.83. The van der Waals surface area contributed by atoms with E-state index >= 15 is 0 Å². The topological polar surface area (TPSA) is 49.3 Å². The van der Waals surface area contributed by atoms with E-state index in [0.717, 1.165) is 4.47 Å². The maximum absolute atomic E-state index is 11.6. The first-order valence-corrected chi connectivity index (χ1v) is 5.10. The summed E-state index contributed by atoms with van der Waals surface area (Å²) in [7, 11) is 0. The lowest BCUT2D eigenvalue weighted by molar-refractivity contribution is 0.0921. The van der Waals surface area contributed by atoms with Gasteiger partial charge in [0.1, 0.15) is 0 Å². The Morgan fingerprint density at radius 1 is 1.57 bits per heavy atom. The Hall–Kier alpha value is -0.870. The lowest BCUT2D eigenvalue weighted by Crippen LogP contribution is -2.35. The smallest absolute Gasteiger partial charge is 0.252 e. The Balaban J connectivity index is 2.75. The van der Waals surface area contributed by atoms with Crippen molar-refractivity contribution >= 4 is 21.8 Å². The van der Waals surface area contributed by atoms with Crippen LogP contribution in [-0.4, -0.2) is 23.7 Å². The van der Waals surface area contributed by atoms with E-state index < -0.39 is 0 Å². The van der Waals surface area contributed by atoms with E-state index in [-0.39, 0.29) is 18.6 Å². The lowest BCUT2D eigenvalue weighted by atomic mass is 10.2. The normalized spacial score (nSPS) is 12.2. The molecule has 1 aromatic carbocycles. The number of hydrogen-bond acceptors (Lipinski definition) is 2. The Kier molecular flexibility index (Phi) is 4.10. The summed E-state index contributed by atoms with van der Waals surface area (Å²) < 4.78 is 0.752. The highest BCUT2D eigenvalue weighted by molar-refractivity contribution is 9.10. The molecule has 0 aromatic heterocycles. The summed E-state index contributed by atoms with van der Waals surface area (Å²) in [5, 5.41) is 11.4. The fraction of sp³-hybridized carbons (Fsp3) is 0.300. The second kappa shape index (κ2) is 5.12. The van der Waals surface area contributed by atoms with E-state index in [1.807, 2.05) is 6.07 Å². The summed E-state index contributed by atoms with van der Waals surface area (Å²) >= 11 is 3.29. The van der Waals surface area contributed by atoms with Crippen molar-refractivity contribution in [2.75, 3.05) is 6.61 Å². The molecule has 0 saturated carbocycles. The highest BCUT2D eigenvalue weighted by Crippen LogP contribution is 2.15. The van der Waals surface area contributed by atoms with Crippen LogP contribution in [0.4, 0.5) is 0 Å². The molecule has 1 aromatic rings. The molecule has 0 radical (unpaired) electrons. The van der Waals surface area contributed by atoms with Crippen molar-refractivity contribution in [2.24, 2.45) is 0 Å². The molecule has 0 bridgehead atoms. The predicted molar refractivity (Wildman–Crippen MR) is 58.2 cm³/mol. The molecule has 3 nitrogen and oxygen atoms in total. The summed E-state index contributed by atoms with van der Waals surface area (Å²) in [5.74, 6) is -0.181. The fourth-order valence-corrected chi connectivity index (χ4v) is 1.46. The number of amides is 1. The standard InChI is InChI=1S/C10H12BrNO2/c1-7(6-13)12-10(14)8-4-2-3-5-9(8)11/h2-5,7,13H,6H2,1H3,(H,12,14)/t7-/m0/s1. The summed E-state index contributed by atoms with van der Waals surface area (Å²) in [6.45, 7) is 1.69. The van der Waals surface area contributed by atoms with Crippen molar-refractivity contribution in [3.63, 3.8) is 0 Å². The largest absolute Gasteiger partial charge is 0.394 e. The minimum atomic E-state index is -0.227. The zero-order chi connectivity index (χ0) is 10.6. The van der Waals surface area contributed by atoms with E-state index in [1.165, 1.54) is 0 Å². The SMILES string of the molecule is C[C@@H](CO)NC(=O)c1ccccc1Br. The maximum Gasteiger partial charge on any atom is 0.252 e.